The van der Waals surface area contributed by atoms with Crippen LogP contribution in [0.2, 0.25) is 0 Å². The number of carbonyl (C=O) groups excluding carboxylic acids is 2. The van der Waals surface area contributed by atoms with Gasteiger partial charge >= 0.3 is 23.9 Å². The van der Waals surface area contributed by atoms with Crippen molar-refractivity contribution >= 4 is 23.9 Å². The molecule has 0 aliphatic heterocycles. The zero-order valence-corrected chi connectivity index (χ0v) is 16.6. The molecule has 158 valence electrons. The first-order valence-electron chi connectivity index (χ1n) is 9.48. The molecule has 0 bridgehead atoms. The molecule has 1 saturated carbocycles. The Morgan fingerprint density at radius 3 is 2.10 bits per heavy atom. The van der Waals surface area contributed by atoms with Crippen molar-refractivity contribution in [2.45, 2.75) is 45.4 Å². The highest BCUT2D eigenvalue weighted by Crippen LogP contribution is 2.54. The van der Waals surface area contributed by atoms with Crippen LogP contribution in [-0.2, 0) is 30.3 Å². The molecule has 0 radical (unpaired) electrons. The Morgan fingerprint density at radius 1 is 1.07 bits per heavy atom. The fourth-order valence-electron chi connectivity index (χ4n) is 3.46. The summed E-state index contributed by atoms with van der Waals surface area (Å²) >= 11 is 0. The first-order valence-corrected chi connectivity index (χ1v) is 9.48. The summed E-state index contributed by atoms with van der Waals surface area (Å²) in [5.41, 5.74) is -1.62. The molecule has 1 aliphatic carbocycles. The molecule has 29 heavy (non-hydrogen) atoms. The topological polar surface area (TPSA) is 127 Å². The first kappa shape index (κ1) is 22.4. The Bertz CT molecular complexity index is 762. The number of carboxylic acids is 2. The molecule has 2 N–H and O–H groups in total. The van der Waals surface area contributed by atoms with E-state index >= 15 is 0 Å². The molecule has 0 heterocycles. The van der Waals surface area contributed by atoms with Crippen molar-refractivity contribution in [1.82, 2.24) is 0 Å². The molecule has 0 atom stereocenters. The fourth-order valence-corrected chi connectivity index (χ4v) is 3.46. The molecular weight excluding hydrogens is 380 g/mol. The number of carboxylic acid groups (broad SMARTS) is 2. The molecule has 1 aromatic carbocycles. The van der Waals surface area contributed by atoms with Gasteiger partial charge in [0.05, 0.1) is 25.7 Å². The maximum atomic E-state index is 12.0. The van der Waals surface area contributed by atoms with E-state index in [1.165, 1.54) is 31.4 Å². The van der Waals surface area contributed by atoms with Gasteiger partial charge in [-0.3, -0.25) is 14.4 Å². The van der Waals surface area contributed by atoms with E-state index in [4.69, 9.17) is 4.74 Å². The van der Waals surface area contributed by atoms with Crippen LogP contribution in [0.25, 0.3) is 0 Å². The molecule has 8 heteroatoms. The third-order valence-electron chi connectivity index (χ3n) is 5.56. The Hall–Kier alpha value is -2.90. The standard InChI is InChI=1S/C21H26O8/c1-3-29-16(22)13-20(8-9-20)10-11-21(18(24)25,19(26)27)12-14-4-6-15(7-5-14)17(23)28-2/h4-7H,3,8-13H2,1-2H3,(H,24,25)(H,26,27). The van der Waals surface area contributed by atoms with E-state index in [9.17, 15) is 29.4 Å². The lowest BCUT2D eigenvalue weighted by Gasteiger charge is -2.27. The van der Waals surface area contributed by atoms with Crippen molar-refractivity contribution in [2.75, 3.05) is 13.7 Å². The largest absolute Gasteiger partial charge is 0.480 e. The predicted molar refractivity (Wildman–Crippen MR) is 101 cm³/mol. The van der Waals surface area contributed by atoms with Crippen molar-refractivity contribution in [1.29, 1.82) is 0 Å². The van der Waals surface area contributed by atoms with E-state index < -0.39 is 23.3 Å². The van der Waals surface area contributed by atoms with Crippen LogP contribution in [-0.4, -0.2) is 47.8 Å². The maximum Gasteiger partial charge on any atom is 0.337 e. The monoisotopic (exact) mass is 406 g/mol. The van der Waals surface area contributed by atoms with Crippen LogP contribution in [0.1, 0.15) is 54.9 Å². The van der Waals surface area contributed by atoms with Gasteiger partial charge in [-0.25, -0.2) is 4.79 Å². The number of methoxy groups -OCH3 is 1. The molecule has 1 aliphatic rings. The van der Waals surface area contributed by atoms with Gasteiger partial charge in [-0.15, -0.1) is 0 Å². The quantitative estimate of drug-likeness (QED) is 0.424. The van der Waals surface area contributed by atoms with Gasteiger partial charge in [-0.2, -0.15) is 0 Å². The highest BCUT2D eigenvalue weighted by Gasteiger charge is 2.51. The van der Waals surface area contributed by atoms with Gasteiger partial charge in [0.1, 0.15) is 0 Å². The van der Waals surface area contributed by atoms with Gasteiger partial charge in [0.2, 0.25) is 0 Å². The van der Waals surface area contributed by atoms with Crippen LogP contribution in [0.4, 0.5) is 0 Å². The number of esters is 2. The third-order valence-corrected chi connectivity index (χ3v) is 5.56. The van der Waals surface area contributed by atoms with Crippen molar-refractivity contribution in [2.24, 2.45) is 10.8 Å². The smallest absolute Gasteiger partial charge is 0.337 e. The van der Waals surface area contributed by atoms with Crippen LogP contribution < -0.4 is 0 Å². The molecule has 0 saturated heterocycles. The molecule has 0 spiro atoms. The van der Waals surface area contributed by atoms with Crippen molar-refractivity contribution in [3.63, 3.8) is 0 Å². The lowest BCUT2D eigenvalue weighted by molar-refractivity contribution is -0.165. The third kappa shape index (κ3) is 5.34. The van der Waals surface area contributed by atoms with Crippen molar-refractivity contribution < 1.29 is 38.9 Å². The van der Waals surface area contributed by atoms with E-state index in [1.807, 2.05) is 0 Å². The molecule has 2 rings (SSSR count). The highest BCUT2D eigenvalue weighted by molar-refractivity contribution is 5.98. The number of hydrogen-bond donors (Lipinski definition) is 2. The second-order valence-corrected chi connectivity index (χ2v) is 7.54. The number of aliphatic carboxylic acids is 2. The Labute approximate surface area is 168 Å². The summed E-state index contributed by atoms with van der Waals surface area (Å²) in [6.07, 6.45) is 1.64. The zero-order valence-electron chi connectivity index (χ0n) is 16.6. The fraction of sp³-hybridized carbons (Fsp3) is 0.524. The first-order chi connectivity index (χ1) is 13.7. The van der Waals surface area contributed by atoms with Gasteiger partial charge in [0.25, 0.3) is 0 Å². The average molecular weight is 406 g/mol. The summed E-state index contributed by atoms with van der Waals surface area (Å²) in [7, 11) is 1.25. The summed E-state index contributed by atoms with van der Waals surface area (Å²) in [4.78, 5) is 47.3. The molecule has 0 amide bonds. The van der Waals surface area contributed by atoms with Gasteiger partial charge in [-0.1, -0.05) is 12.1 Å². The number of ether oxygens (including phenoxy) is 2. The predicted octanol–water partition coefficient (Wildman–Crippen LogP) is 2.68. The molecule has 0 unspecified atom stereocenters. The molecular formula is C21H26O8. The van der Waals surface area contributed by atoms with E-state index in [1.54, 1.807) is 6.92 Å². The van der Waals surface area contributed by atoms with E-state index in [0.29, 0.717) is 17.5 Å². The number of carbonyl (C=O) groups is 4. The number of hydrogen-bond acceptors (Lipinski definition) is 6. The van der Waals surface area contributed by atoms with E-state index in [0.717, 1.165) is 12.8 Å². The lowest BCUT2D eigenvalue weighted by atomic mass is 9.75. The molecule has 1 aromatic rings. The molecule has 0 aromatic heterocycles. The summed E-state index contributed by atoms with van der Waals surface area (Å²) in [6, 6.07) is 5.99. The van der Waals surface area contributed by atoms with Gasteiger partial charge < -0.3 is 19.7 Å². The minimum Gasteiger partial charge on any atom is -0.480 e. The van der Waals surface area contributed by atoms with Gasteiger partial charge in [0.15, 0.2) is 5.41 Å². The van der Waals surface area contributed by atoms with Crippen LogP contribution in [0.3, 0.4) is 0 Å². The summed E-state index contributed by atoms with van der Waals surface area (Å²) < 4.78 is 9.59. The van der Waals surface area contributed by atoms with E-state index in [2.05, 4.69) is 4.74 Å². The van der Waals surface area contributed by atoms with Crippen LogP contribution >= 0.6 is 0 Å². The van der Waals surface area contributed by atoms with E-state index in [-0.39, 0.29) is 37.3 Å². The highest BCUT2D eigenvalue weighted by atomic mass is 16.5. The second kappa shape index (κ2) is 9.07. The normalized spacial score (nSPS) is 14.7. The summed E-state index contributed by atoms with van der Waals surface area (Å²) in [5, 5.41) is 19.5. The Morgan fingerprint density at radius 2 is 1.66 bits per heavy atom. The zero-order chi connectivity index (χ0) is 21.7. The molecule has 8 nitrogen and oxygen atoms in total. The number of benzene rings is 1. The minimum absolute atomic E-state index is 0.101. The minimum atomic E-state index is -2.02. The Balaban J connectivity index is 2.17. The number of rotatable bonds is 11. The van der Waals surface area contributed by atoms with Crippen LogP contribution in [0, 0.1) is 10.8 Å². The van der Waals surface area contributed by atoms with Crippen LogP contribution in [0.15, 0.2) is 24.3 Å². The maximum absolute atomic E-state index is 12.0. The molecule has 1 fully saturated rings. The van der Waals surface area contributed by atoms with Gasteiger partial charge in [-0.05, 0) is 62.1 Å². The summed E-state index contributed by atoms with van der Waals surface area (Å²) in [6.45, 7) is 1.98. The lowest BCUT2D eigenvalue weighted by Crippen LogP contribution is -2.42. The second-order valence-electron chi connectivity index (χ2n) is 7.54. The van der Waals surface area contributed by atoms with Crippen LogP contribution in [0.5, 0.6) is 0 Å². The Kier molecular flexibility index (Phi) is 7.00. The van der Waals surface area contributed by atoms with Crippen molar-refractivity contribution in [3.05, 3.63) is 35.4 Å². The van der Waals surface area contributed by atoms with Crippen molar-refractivity contribution in [3.8, 4) is 0 Å². The average Bonchev–Trinajstić information content (AvgIpc) is 3.44. The summed E-state index contributed by atoms with van der Waals surface area (Å²) in [5.74, 6) is -3.73. The SMILES string of the molecule is CCOC(=O)CC1(CCC(Cc2ccc(C(=O)OC)cc2)(C(=O)O)C(=O)O)CC1. The van der Waals surface area contributed by atoms with Gasteiger partial charge in [0, 0.05) is 0 Å².